The summed E-state index contributed by atoms with van der Waals surface area (Å²) in [6.45, 7) is 0. The fraction of sp³-hybridized carbons (Fsp3) is 0.706. The minimum atomic E-state index is 0.286. The van der Waals surface area contributed by atoms with Gasteiger partial charge in [0.15, 0.2) is 0 Å². The van der Waals surface area contributed by atoms with Gasteiger partial charge in [0.05, 0.1) is 0 Å². The molecular formula is C17H29N3. The molecule has 0 aromatic carbocycles. The van der Waals surface area contributed by atoms with Crippen molar-refractivity contribution in [3.05, 3.63) is 30.1 Å². The third kappa shape index (κ3) is 3.39. The third-order valence-corrected chi connectivity index (χ3v) is 5.05. The van der Waals surface area contributed by atoms with Gasteiger partial charge in [-0.15, -0.1) is 0 Å². The second kappa shape index (κ2) is 7.19. The van der Waals surface area contributed by atoms with Crippen LogP contribution < -0.4 is 5.32 Å². The molecule has 0 saturated heterocycles. The SMILES string of the molecule is CNC(Cc1ccncc1)C1(N(C)C)CCCCCC1. The first-order valence-corrected chi connectivity index (χ1v) is 7.92. The second-order valence-corrected chi connectivity index (χ2v) is 6.31. The van der Waals surface area contributed by atoms with E-state index < -0.39 is 0 Å². The lowest BCUT2D eigenvalue weighted by molar-refractivity contribution is 0.0835. The number of aromatic nitrogens is 1. The zero-order chi connectivity index (χ0) is 14.4. The normalized spacial score (nSPS) is 20.6. The van der Waals surface area contributed by atoms with Crippen LogP contribution in [0.15, 0.2) is 24.5 Å². The summed E-state index contributed by atoms with van der Waals surface area (Å²) in [5.41, 5.74) is 1.67. The monoisotopic (exact) mass is 275 g/mol. The highest BCUT2D eigenvalue weighted by Crippen LogP contribution is 2.35. The average molecular weight is 275 g/mol. The smallest absolute Gasteiger partial charge is 0.0359 e. The summed E-state index contributed by atoms with van der Waals surface area (Å²) in [6.07, 6.45) is 13.0. The van der Waals surface area contributed by atoms with Crippen LogP contribution in [0.5, 0.6) is 0 Å². The summed E-state index contributed by atoms with van der Waals surface area (Å²) in [5, 5.41) is 3.61. The Labute approximate surface area is 123 Å². The van der Waals surface area contributed by atoms with Crippen molar-refractivity contribution in [3.63, 3.8) is 0 Å². The largest absolute Gasteiger partial charge is 0.315 e. The Balaban J connectivity index is 2.20. The number of nitrogens with zero attached hydrogens (tertiary/aromatic N) is 2. The molecule has 1 aliphatic carbocycles. The van der Waals surface area contributed by atoms with E-state index in [2.05, 4.69) is 48.5 Å². The van der Waals surface area contributed by atoms with E-state index >= 15 is 0 Å². The van der Waals surface area contributed by atoms with Crippen LogP contribution in [-0.4, -0.2) is 42.6 Å². The van der Waals surface area contributed by atoms with E-state index in [1.54, 1.807) is 0 Å². The molecule has 1 saturated carbocycles. The average Bonchev–Trinajstić information content (AvgIpc) is 2.72. The molecule has 1 heterocycles. The lowest BCUT2D eigenvalue weighted by Crippen LogP contribution is -2.59. The summed E-state index contributed by atoms with van der Waals surface area (Å²) in [6, 6.07) is 4.78. The van der Waals surface area contributed by atoms with Gasteiger partial charge in [0.25, 0.3) is 0 Å². The molecule has 20 heavy (non-hydrogen) atoms. The highest BCUT2D eigenvalue weighted by atomic mass is 15.2. The minimum Gasteiger partial charge on any atom is -0.315 e. The van der Waals surface area contributed by atoms with Gasteiger partial charge in [-0.2, -0.15) is 0 Å². The molecule has 0 amide bonds. The van der Waals surface area contributed by atoms with Crippen molar-refractivity contribution in [1.82, 2.24) is 15.2 Å². The summed E-state index contributed by atoms with van der Waals surface area (Å²) < 4.78 is 0. The van der Waals surface area contributed by atoms with Crippen molar-refractivity contribution < 1.29 is 0 Å². The predicted octanol–water partition coefficient (Wildman–Crippen LogP) is 2.87. The Bertz CT molecular complexity index is 380. The summed E-state index contributed by atoms with van der Waals surface area (Å²) >= 11 is 0. The molecule has 1 atom stereocenters. The van der Waals surface area contributed by atoms with Crippen molar-refractivity contribution in [2.45, 2.75) is 56.5 Å². The molecule has 3 heteroatoms. The molecular weight excluding hydrogens is 246 g/mol. The van der Waals surface area contributed by atoms with Crippen LogP contribution in [0.2, 0.25) is 0 Å². The molecule has 1 unspecified atom stereocenters. The van der Waals surface area contributed by atoms with E-state index in [1.165, 1.54) is 44.1 Å². The molecule has 1 aromatic heterocycles. The van der Waals surface area contributed by atoms with E-state index in [9.17, 15) is 0 Å². The fourth-order valence-corrected chi connectivity index (χ4v) is 3.76. The first kappa shape index (κ1) is 15.5. The fourth-order valence-electron chi connectivity index (χ4n) is 3.76. The van der Waals surface area contributed by atoms with Gasteiger partial charge in [-0.1, -0.05) is 25.7 Å². The topological polar surface area (TPSA) is 28.2 Å². The van der Waals surface area contributed by atoms with Crippen molar-refractivity contribution >= 4 is 0 Å². The van der Waals surface area contributed by atoms with Crippen molar-refractivity contribution in [1.29, 1.82) is 0 Å². The second-order valence-electron chi connectivity index (χ2n) is 6.31. The van der Waals surface area contributed by atoms with Crippen LogP contribution in [0.25, 0.3) is 0 Å². The van der Waals surface area contributed by atoms with Crippen LogP contribution in [0.3, 0.4) is 0 Å². The number of rotatable bonds is 5. The summed E-state index contributed by atoms with van der Waals surface area (Å²) in [4.78, 5) is 6.60. The van der Waals surface area contributed by atoms with Crippen LogP contribution in [0.1, 0.15) is 44.1 Å². The van der Waals surface area contributed by atoms with Gasteiger partial charge in [0, 0.05) is 24.0 Å². The molecule has 112 valence electrons. The quantitative estimate of drug-likeness (QED) is 0.838. The molecule has 3 nitrogen and oxygen atoms in total. The van der Waals surface area contributed by atoms with Crippen LogP contribution in [0, 0.1) is 0 Å². The number of pyridine rings is 1. The minimum absolute atomic E-state index is 0.286. The zero-order valence-corrected chi connectivity index (χ0v) is 13.2. The van der Waals surface area contributed by atoms with E-state index in [0.29, 0.717) is 6.04 Å². The zero-order valence-electron chi connectivity index (χ0n) is 13.2. The summed E-state index contributed by atoms with van der Waals surface area (Å²) in [7, 11) is 6.62. The number of likely N-dealkylation sites (N-methyl/N-ethyl adjacent to an activating group) is 2. The Morgan fingerprint density at radius 1 is 1.15 bits per heavy atom. The van der Waals surface area contributed by atoms with Gasteiger partial charge in [-0.05, 0) is 58.1 Å². The van der Waals surface area contributed by atoms with Crippen LogP contribution in [0.4, 0.5) is 0 Å². The predicted molar refractivity (Wildman–Crippen MR) is 84.9 cm³/mol. The molecule has 1 aromatic rings. The molecule has 0 radical (unpaired) electrons. The van der Waals surface area contributed by atoms with Gasteiger partial charge in [0.2, 0.25) is 0 Å². The number of hydrogen-bond acceptors (Lipinski definition) is 3. The number of nitrogens with one attached hydrogen (secondary N) is 1. The van der Waals surface area contributed by atoms with Gasteiger partial charge in [-0.3, -0.25) is 4.98 Å². The molecule has 1 fully saturated rings. The van der Waals surface area contributed by atoms with Gasteiger partial charge in [0.1, 0.15) is 0 Å². The maximum absolute atomic E-state index is 4.13. The highest BCUT2D eigenvalue weighted by molar-refractivity contribution is 5.14. The first-order valence-electron chi connectivity index (χ1n) is 7.92. The Morgan fingerprint density at radius 3 is 2.25 bits per heavy atom. The van der Waals surface area contributed by atoms with Gasteiger partial charge in [-0.25, -0.2) is 0 Å². The van der Waals surface area contributed by atoms with E-state index in [1.807, 2.05) is 12.4 Å². The Morgan fingerprint density at radius 2 is 1.75 bits per heavy atom. The van der Waals surface area contributed by atoms with E-state index in [4.69, 9.17) is 0 Å². The maximum atomic E-state index is 4.13. The standard InChI is InChI=1S/C17H29N3/c1-18-16(14-15-8-12-19-13-9-15)17(20(2)3)10-6-4-5-7-11-17/h8-9,12-13,16,18H,4-7,10-11,14H2,1-3H3. The lowest BCUT2D eigenvalue weighted by atomic mass is 9.78. The van der Waals surface area contributed by atoms with Gasteiger partial charge < -0.3 is 10.2 Å². The number of hydrogen-bond donors (Lipinski definition) is 1. The maximum Gasteiger partial charge on any atom is 0.0359 e. The molecule has 2 rings (SSSR count). The van der Waals surface area contributed by atoms with Crippen LogP contribution in [-0.2, 0) is 6.42 Å². The van der Waals surface area contributed by atoms with Gasteiger partial charge >= 0.3 is 0 Å². The molecule has 0 spiro atoms. The molecule has 0 aliphatic heterocycles. The first-order chi connectivity index (χ1) is 9.69. The summed E-state index contributed by atoms with van der Waals surface area (Å²) in [5.74, 6) is 0. The Hall–Kier alpha value is -0.930. The molecule has 1 N–H and O–H groups in total. The van der Waals surface area contributed by atoms with Crippen LogP contribution >= 0.6 is 0 Å². The van der Waals surface area contributed by atoms with E-state index in [0.717, 1.165) is 6.42 Å². The lowest BCUT2D eigenvalue weighted by Gasteiger charge is -2.46. The third-order valence-electron chi connectivity index (χ3n) is 5.05. The van der Waals surface area contributed by atoms with Crippen molar-refractivity contribution in [2.75, 3.05) is 21.1 Å². The Kier molecular flexibility index (Phi) is 5.55. The highest BCUT2D eigenvalue weighted by Gasteiger charge is 2.40. The molecule has 0 bridgehead atoms. The molecule has 1 aliphatic rings. The van der Waals surface area contributed by atoms with E-state index in [-0.39, 0.29) is 5.54 Å². The van der Waals surface area contributed by atoms with Crippen molar-refractivity contribution in [3.8, 4) is 0 Å². The van der Waals surface area contributed by atoms with Crippen molar-refractivity contribution in [2.24, 2.45) is 0 Å².